The zero-order chi connectivity index (χ0) is 31.0. The minimum Gasteiger partial charge on any atom is -0.293 e. The third-order valence-electron chi connectivity index (χ3n) is 10.6. The van der Waals surface area contributed by atoms with Gasteiger partial charge in [0.1, 0.15) is 0 Å². The number of Topliss-reactive ketones (excluding diaryl/α,β-unsaturated/α-hetero) is 2. The molecule has 0 spiro atoms. The van der Waals surface area contributed by atoms with Gasteiger partial charge in [-0.2, -0.15) is 0 Å². The fourth-order valence-electron chi connectivity index (χ4n) is 8.88. The minimum absolute atomic E-state index is 0.0465. The van der Waals surface area contributed by atoms with Crippen LogP contribution in [0.3, 0.4) is 0 Å². The van der Waals surface area contributed by atoms with Crippen LogP contribution in [0.15, 0.2) is 158 Å². The molecule has 0 N–H and O–H groups in total. The first-order valence-electron chi connectivity index (χ1n) is 15.7. The number of allylic oxidation sites excluding steroid dienone is 2. The van der Waals surface area contributed by atoms with Crippen LogP contribution in [0.25, 0.3) is 21.9 Å². The first kappa shape index (κ1) is 26.7. The van der Waals surface area contributed by atoms with E-state index in [9.17, 15) is 9.59 Å². The van der Waals surface area contributed by atoms with Gasteiger partial charge in [0.25, 0.3) is 0 Å². The normalized spacial score (nSPS) is 23.1. The van der Waals surface area contributed by atoms with E-state index in [1.807, 2.05) is 133 Å². The van der Waals surface area contributed by atoms with Gasteiger partial charge in [0.15, 0.2) is 17.3 Å². The molecule has 6 aromatic carbocycles. The highest BCUT2D eigenvalue weighted by atomic mass is 16.1. The Labute approximate surface area is 266 Å². The zero-order valence-corrected chi connectivity index (χ0v) is 24.9. The maximum Gasteiger partial charge on any atom is 0.193 e. The lowest BCUT2D eigenvalue weighted by Crippen LogP contribution is -2.30. The van der Waals surface area contributed by atoms with Crippen LogP contribution in [0.1, 0.15) is 59.6 Å². The van der Waals surface area contributed by atoms with Gasteiger partial charge in [-0.1, -0.05) is 158 Å². The van der Waals surface area contributed by atoms with Gasteiger partial charge < -0.3 is 0 Å². The fraction of sp³-hybridized carbons (Fsp3) is 0.0930. The predicted octanol–water partition coefficient (Wildman–Crippen LogP) is 9.24. The first-order chi connectivity index (χ1) is 22.6. The summed E-state index contributed by atoms with van der Waals surface area (Å²) in [7, 11) is 0. The molecular weight excluding hydrogens is 564 g/mol. The summed E-state index contributed by atoms with van der Waals surface area (Å²) < 4.78 is 0. The van der Waals surface area contributed by atoms with Crippen LogP contribution in [0.5, 0.6) is 0 Å². The Morgan fingerprint density at radius 2 is 1.00 bits per heavy atom. The van der Waals surface area contributed by atoms with Crippen molar-refractivity contribution in [1.29, 1.82) is 0 Å². The van der Waals surface area contributed by atoms with Crippen LogP contribution >= 0.6 is 0 Å². The zero-order valence-electron chi connectivity index (χ0n) is 24.9. The molecule has 1 fully saturated rings. The van der Waals surface area contributed by atoms with Gasteiger partial charge in [0.2, 0.25) is 0 Å². The second-order valence-corrected chi connectivity index (χ2v) is 12.6. The van der Waals surface area contributed by atoms with E-state index in [0.717, 1.165) is 33.0 Å². The summed E-state index contributed by atoms with van der Waals surface area (Å²) in [5, 5.41) is 1.81. The molecule has 3 nitrogen and oxygen atoms in total. The van der Waals surface area contributed by atoms with Crippen molar-refractivity contribution >= 4 is 28.1 Å². The van der Waals surface area contributed by atoms with E-state index in [2.05, 4.69) is 24.3 Å². The molecule has 0 aliphatic heterocycles. The van der Waals surface area contributed by atoms with Crippen molar-refractivity contribution in [3.05, 3.63) is 191 Å². The van der Waals surface area contributed by atoms with E-state index in [1.54, 1.807) is 0 Å². The summed E-state index contributed by atoms with van der Waals surface area (Å²) in [4.78, 5) is 44.7. The van der Waals surface area contributed by atoms with Crippen LogP contribution in [0.2, 0.25) is 0 Å². The Kier molecular flexibility index (Phi) is 5.61. The maximum atomic E-state index is 15.1. The number of carbonyl (C=O) groups is 3. The van der Waals surface area contributed by atoms with E-state index in [4.69, 9.17) is 0 Å². The van der Waals surface area contributed by atoms with Crippen LogP contribution in [-0.2, 0) is 0 Å². The summed E-state index contributed by atoms with van der Waals surface area (Å²) in [5.74, 6) is -1.08. The molecule has 0 heterocycles. The highest BCUT2D eigenvalue weighted by Crippen LogP contribution is 2.89. The number of hydrogen-bond donors (Lipinski definition) is 0. The maximum absolute atomic E-state index is 15.1. The Morgan fingerprint density at radius 3 is 1.61 bits per heavy atom. The van der Waals surface area contributed by atoms with E-state index < -0.39 is 16.7 Å². The van der Waals surface area contributed by atoms with Crippen molar-refractivity contribution in [2.24, 2.45) is 10.8 Å². The van der Waals surface area contributed by atoms with Crippen molar-refractivity contribution in [3.63, 3.8) is 0 Å². The van der Waals surface area contributed by atoms with Gasteiger partial charge in [0, 0.05) is 34.1 Å². The number of fused-ring (bicyclic) bond motifs is 5. The summed E-state index contributed by atoms with van der Waals surface area (Å²) in [6, 6.07) is 46.3. The molecule has 46 heavy (non-hydrogen) atoms. The molecule has 6 aromatic rings. The molecule has 3 heteroatoms. The lowest BCUT2D eigenvalue weighted by atomic mass is 9.73. The quantitative estimate of drug-likeness (QED) is 0.137. The van der Waals surface area contributed by atoms with Crippen molar-refractivity contribution in [2.45, 2.75) is 11.8 Å². The Bertz CT molecular complexity index is 2250. The lowest BCUT2D eigenvalue weighted by Gasteiger charge is -2.27. The van der Waals surface area contributed by atoms with Crippen molar-refractivity contribution in [3.8, 4) is 11.1 Å². The van der Waals surface area contributed by atoms with Crippen LogP contribution < -0.4 is 0 Å². The third kappa shape index (κ3) is 3.24. The molecule has 0 saturated heterocycles. The van der Waals surface area contributed by atoms with E-state index in [1.165, 1.54) is 0 Å². The van der Waals surface area contributed by atoms with Gasteiger partial charge >= 0.3 is 0 Å². The molecule has 1 saturated carbocycles. The van der Waals surface area contributed by atoms with Gasteiger partial charge in [-0.05, 0) is 33.0 Å². The molecule has 3 aliphatic carbocycles. The average Bonchev–Trinajstić information content (AvgIpc) is 3.49. The monoisotopic (exact) mass is 592 g/mol. The van der Waals surface area contributed by atoms with E-state index >= 15 is 4.79 Å². The summed E-state index contributed by atoms with van der Waals surface area (Å²) in [5.41, 5.74) is 4.05. The van der Waals surface area contributed by atoms with Gasteiger partial charge in [-0.25, -0.2) is 0 Å². The summed E-state index contributed by atoms with van der Waals surface area (Å²) in [6.07, 6.45) is 4.09. The Balaban J connectivity index is 1.41. The third-order valence-corrected chi connectivity index (χ3v) is 10.6. The van der Waals surface area contributed by atoms with E-state index in [0.29, 0.717) is 22.3 Å². The Hall–Kier alpha value is -5.67. The fourth-order valence-corrected chi connectivity index (χ4v) is 8.88. The number of hydrogen-bond acceptors (Lipinski definition) is 3. The molecule has 0 radical (unpaired) electrons. The topological polar surface area (TPSA) is 51.2 Å². The highest BCUT2D eigenvalue weighted by Gasteiger charge is 2.90. The van der Waals surface area contributed by atoms with Crippen molar-refractivity contribution < 1.29 is 14.4 Å². The lowest BCUT2D eigenvalue weighted by molar-refractivity contribution is 0.0800. The second kappa shape index (κ2) is 9.66. The summed E-state index contributed by atoms with van der Waals surface area (Å²) >= 11 is 0. The highest BCUT2D eigenvalue weighted by molar-refractivity contribution is 6.25. The molecule has 0 amide bonds. The average molecular weight is 593 g/mol. The molecule has 218 valence electrons. The molecular formula is C43H28O3. The second-order valence-electron chi connectivity index (χ2n) is 12.6. The molecule has 0 bridgehead atoms. The number of carbonyl (C=O) groups excluding carboxylic acids is 3. The standard InChI is InChI=1S/C43H28O3/c44-38(28-17-7-2-8-18-28)35-32-24-14-13-23-31(32)34(27-15-5-1-6-16-27)36-33-25-26-42(40(45)29-19-9-3-10-20-29)39(37(35)36)43(33,42)41(46)30-21-11-4-12-22-30/h1-26,33,39H. The summed E-state index contributed by atoms with van der Waals surface area (Å²) in [6.45, 7) is 0. The predicted molar refractivity (Wildman–Crippen MR) is 180 cm³/mol. The van der Waals surface area contributed by atoms with Crippen molar-refractivity contribution in [1.82, 2.24) is 0 Å². The molecule has 4 atom stereocenters. The van der Waals surface area contributed by atoms with Gasteiger partial charge in [-0.15, -0.1) is 0 Å². The van der Waals surface area contributed by atoms with Crippen LogP contribution in [0, 0.1) is 10.8 Å². The first-order valence-corrected chi connectivity index (χ1v) is 15.7. The van der Waals surface area contributed by atoms with Crippen LogP contribution in [-0.4, -0.2) is 17.3 Å². The smallest absolute Gasteiger partial charge is 0.193 e. The van der Waals surface area contributed by atoms with Gasteiger partial charge in [-0.3, -0.25) is 14.4 Å². The minimum atomic E-state index is -1.10. The number of ketones is 3. The molecule has 3 aliphatic rings. The Morgan fingerprint density at radius 1 is 0.500 bits per heavy atom. The van der Waals surface area contributed by atoms with E-state index in [-0.39, 0.29) is 23.3 Å². The molecule has 9 rings (SSSR count). The number of rotatable bonds is 7. The molecule has 0 aromatic heterocycles. The number of benzene rings is 6. The largest absolute Gasteiger partial charge is 0.293 e. The molecule has 4 unspecified atom stereocenters. The SMILES string of the molecule is O=C(c1ccccc1)c1c2c(c(-c3ccccc3)c3ccccc13)C1C=CC3(C(=O)c4ccccc4)C2C13C(=O)c1ccccc1. The van der Waals surface area contributed by atoms with Gasteiger partial charge in [0.05, 0.1) is 10.8 Å². The van der Waals surface area contributed by atoms with Crippen molar-refractivity contribution in [2.75, 3.05) is 0 Å². The van der Waals surface area contributed by atoms with Crippen LogP contribution in [0.4, 0.5) is 0 Å².